The Morgan fingerprint density at radius 1 is 1.32 bits per heavy atom. The second-order valence-electron chi connectivity index (χ2n) is 3.97. The maximum absolute atomic E-state index is 12.4. The second kappa shape index (κ2) is 5.51. The lowest BCUT2D eigenvalue weighted by atomic mass is 10.1. The molecule has 2 N–H and O–H groups in total. The van der Waals surface area contributed by atoms with Gasteiger partial charge in [0.05, 0.1) is 6.10 Å². The Bertz CT molecular complexity index is 446. The summed E-state index contributed by atoms with van der Waals surface area (Å²) in [5, 5.41) is 19.1. The smallest absolute Gasteiger partial charge is 0.433 e. The number of alkyl halides is 3. The highest BCUT2D eigenvalue weighted by atomic mass is 32.2. The van der Waals surface area contributed by atoms with Crippen molar-refractivity contribution < 1.29 is 28.1 Å². The van der Waals surface area contributed by atoms with Crippen LogP contribution in [0.15, 0.2) is 12.3 Å². The number of thioether (sulfide) groups is 1. The van der Waals surface area contributed by atoms with Gasteiger partial charge in [-0.1, -0.05) is 0 Å². The molecule has 1 saturated heterocycles. The van der Waals surface area contributed by atoms with Crippen LogP contribution in [-0.2, 0) is 6.18 Å². The van der Waals surface area contributed by atoms with Crippen LogP contribution in [0.25, 0.3) is 0 Å². The number of hydrogen-bond acceptors (Lipinski definition) is 6. The van der Waals surface area contributed by atoms with Crippen LogP contribution < -0.4 is 4.74 Å². The molecule has 0 unspecified atom stereocenters. The summed E-state index contributed by atoms with van der Waals surface area (Å²) in [5.74, 6) is 0.697. The third-order valence-electron chi connectivity index (χ3n) is 2.53. The highest BCUT2D eigenvalue weighted by Gasteiger charge is 2.35. The average Bonchev–Trinajstić information content (AvgIpc) is 2.34. The van der Waals surface area contributed by atoms with Gasteiger partial charge in [0.25, 0.3) is 0 Å². The molecule has 0 aliphatic carbocycles. The van der Waals surface area contributed by atoms with Gasteiger partial charge in [0.2, 0.25) is 0 Å². The van der Waals surface area contributed by atoms with Crippen molar-refractivity contribution in [2.24, 2.45) is 0 Å². The summed E-state index contributed by atoms with van der Waals surface area (Å²) in [4.78, 5) is 6.81. The molecule has 19 heavy (non-hydrogen) atoms. The molecule has 0 saturated carbocycles. The van der Waals surface area contributed by atoms with E-state index in [-0.39, 0.29) is 0 Å². The predicted octanol–water partition coefficient (Wildman–Crippen LogP) is 0.711. The molecule has 1 aliphatic rings. The molecular weight excluding hydrogens is 285 g/mol. The molecule has 106 valence electrons. The fraction of sp³-hybridized carbons (Fsp3) is 0.600. The summed E-state index contributed by atoms with van der Waals surface area (Å²) < 4.78 is 42.5. The average molecular weight is 296 g/mol. The van der Waals surface area contributed by atoms with Crippen LogP contribution in [0.5, 0.6) is 6.01 Å². The van der Waals surface area contributed by atoms with Gasteiger partial charge in [-0.15, -0.1) is 0 Å². The van der Waals surface area contributed by atoms with Crippen molar-refractivity contribution in [2.45, 2.75) is 24.5 Å². The van der Waals surface area contributed by atoms with Crippen LogP contribution in [0.2, 0.25) is 0 Å². The van der Waals surface area contributed by atoms with Crippen molar-refractivity contribution in [3.05, 3.63) is 18.0 Å². The number of halogens is 3. The summed E-state index contributed by atoms with van der Waals surface area (Å²) in [7, 11) is 0. The minimum atomic E-state index is -4.58. The van der Waals surface area contributed by atoms with E-state index in [1.54, 1.807) is 0 Å². The predicted molar refractivity (Wildman–Crippen MR) is 60.8 cm³/mol. The molecule has 2 rings (SSSR count). The van der Waals surface area contributed by atoms with Crippen molar-refractivity contribution in [2.75, 3.05) is 11.5 Å². The van der Waals surface area contributed by atoms with Crippen molar-refractivity contribution in [1.29, 1.82) is 0 Å². The number of ether oxygens (including phenoxy) is 1. The molecule has 1 aromatic heterocycles. The second-order valence-corrected chi connectivity index (χ2v) is 5.05. The summed E-state index contributed by atoms with van der Waals surface area (Å²) in [5.41, 5.74) is -1.11. The summed E-state index contributed by atoms with van der Waals surface area (Å²) in [6, 6.07) is 0.266. The molecule has 0 bridgehead atoms. The fourth-order valence-corrected chi connectivity index (χ4v) is 2.62. The monoisotopic (exact) mass is 296 g/mol. The van der Waals surface area contributed by atoms with Gasteiger partial charge in [-0.05, 0) is 6.07 Å². The topological polar surface area (TPSA) is 75.5 Å². The zero-order chi connectivity index (χ0) is 14.0. The van der Waals surface area contributed by atoms with Crippen molar-refractivity contribution in [3.63, 3.8) is 0 Å². The third kappa shape index (κ3) is 3.48. The zero-order valence-electron chi connectivity index (χ0n) is 9.54. The van der Waals surface area contributed by atoms with Crippen molar-refractivity contribution >= 4 is 11.8 Å². The summed E-state index contributed by atoms with van der Waals surface area (Å²) in [6.07, 6.45) is -6.63. The summed E-state index contributed by atoms with van der Waals surface area (Å²) in [6.45, 7) is 0. The minimum Gasteiger partial charge on any atom is -0.456 e. The Morgan fingerprint density at radius 3 is 2.74 bits per heavy atom. The van der Waals surface area contributed by atoms with Crippen LogP contribution in [0.3, 0.4) is 0 Å². The van der Waals surface area contributed by atoms with Crippen LogP contribution in [-0.4, -0.2) is 50.0 Å². The van der Waals surface area contributed by atoms with Gasteiger partial charge >= 0.3 is 12.2 Å². The highest BCUT2D eigenvalue weighted by Crippen LogP contribution is 2.28. The van der Waals surface area contributed by atoms with Gasteiger partial charge in [0.15, 0.2) is 5.69 Å². The molecule has 2 heterocycles. The molecule has 5 nitrogen and oxygen atoms in total. The molecule has 3 atom stereocenters. The number of rotatable bonds is 2. The Morgan fingerprint density at radius 2 is 2.05 bits per heavy atom. The number of hydrogen-bond donors (Lipinski definition) is 2. The zero-order valence-corrected chi connectivity index (χ0v) is 10.4. The Hall–Kier alpha value is -1.06. The lowest BCUT2D eigenvalue weighted by Gasteiger charge is -2.30. The van der Waals surface area contributed by atoms with Crippen molar-refractivity contribution in [1.82, 2.24) is 9.97 Å². The van der Waals surface area contributed by atoms with E-state index >= 15 is 0 Å². The van der Waals surface area contributed by atoms with E-state index < -0.39 is 36.2 Å². The molecule has 9 heteroatoms. The van der Waals surface area contributed by atoms with Crippen LogP contribution in [0, 0.1) is 0 Å². The van der Waals surface area contributed by atoms with Gasteiger partial charge in [-0.3, -0.25) is 0 Å². The molecule has 1 aromatic rings. The first-order chi connectivity index (χ1) is 8.88. The van der Waals surface area contributed by atoms with E-state index in [4.69, 9.17) is 4.74 Å². The van der Waals surface area contributed by atoms with E-state index in [1.165, 1.54) is 11.8 Å². The molecule has 0 aromatic carbocycles. The van der Waals surface area contributed by atoms with E-state index in [2.05, 4.69) is 9.97 Å². The largest absolute Gasteiger partial charge is 0.456 e. The Labute approximate surface area is 110 Å². The molecule has 1 fully saturated rings. The first-order valence-electron chi connectivity index (χ1n) is 5.38. The summed E-state index contributed by atoms with van der Waals surface area (Å²) >= 11 is 1.33. The standard InChI is InChI=1S/C10H11F3N2O3S/c11-10(12,13)7-1-2-14-9(15-7)18-6-4-19-3-5(16)8(6)17/h1-2,5-6,8,16-17H,3-4H2/t5-,6-,8-/m0/s1. The quantitative estimate of drug-likeness (QED) is 0.837. The Balaban J connectivity index is 2.11. The van der Waals surface area contributed by atoms with E-state index in [1.807, 2.05) is 0 Å². The molecule has 0 radical (unpaired) electrons. The van der Waals surface area contributed by atoms with E-state index in [9.17, 15) is 23.4 Å². The Kier molecular flexibility index (Phi) is 4.16. The lowest BCUT2D eigenvalue weighted by Crippen LogP contribution is -2.47. The maximum Gasteiger partial charge on any atom is 0.433 e. The number of aromatic nitrogens is 2. The molecule has 0 spiro atoms. The van der Waals surface area contributed by atoms with Crippen molar-refractivity contribution in [3.8, 4) is 6.01 Å². The van der Waals surface area contributed by atoms with Gasteiger partial charge in [-0.2, -0.15) is 29.9 Å². The maximum atomic E-state index is 12.4. The van der Waals surface area contributed by atoms with Gasteiger partial charge < -0.3 is 14.9 Å². The van der Waals surface area contributed by atoms with Gasteiger partial charge in [0, 0.05) is 17.7 Å². The molecule has 0 amide bonds. The molecule has 1 aliphatic heterocycles. The molecular formula is C10H11F3N2O3S. The van der Waals surface area contributed by atoms with Crippen LogP contribution in [0.4, 0.5) is 13.2 Å². The van der Waals surface area contributed by atoms with Crippen LogP contribution >= 0.6 is 11.8 Å². The number of aliphatic hydroxyl groups is 2. The van der Waals surface area contributed by atoms with Crippen LogP contribution in [0.1, 0.15) is 5.69 Å². The van der Waals surface area contributed by atoms with Gasteiger partial charge in [0.1, 0.15) is 12.2 Å². The van der Waals surface area contributed by atoms with E-state index in [0.29, 0.717) is 11.5 Å². The number of nitrogens with zero attached hydrogens (tertiary/aromatic N) is 2. The fourth-order valence-electron chi connectivity index (χ4n) is 1.54. The third-order valence-corrected chi connectivity index (χ3v) is 3.67. The lowest BCUT2D eigenvalue weighted by molar-refractivity contribution is -0.141. The minimum absolute atomic E-state index is 0.345. The first kappa shape index (κ1) is 14.4. The number of aliphatic hydroxyl groups excluding tert-OH is 2. The van der Waals surface area contributed by atoms with E-state index in [0.717, 1.165) is 12.3 Å². The normalized spacial score (nSPS) is 28.2. The highest BCUT2D eigenvalue weighted by molar-refractivity contribution is 7.99. The SMILES string of the molecule is O[C@@H]1[C@@H](Oc2nccc(C(F)(F)F)n2)CSC[C@@H]1O. The van der Waals surface area contributed by atoms with Gasteiger partial charge in [-0.25, -0.2) is 4.98 Å². The first-order valence-corrected chi connectivity index (χ1v) is 6.54.